The van der Waals surface area contributed by atoms with Crippen molar-refractivity contribution in [3.05, 3.63) is 28.0 Å². The van der Waals surface area contributed by atoms with Crippen molar-refractivity contribution in [2.24, 2.45) is 0 Å². The maximum Gasteiger partial charge on any atom is 0.253 e. The zero-order valence-electron chi connectivity index (χ0n) is 9.67. The molecule has 1 aromatic heterocycles. The average molecular weight is 277 g/mol. The number of amides is 1. The van der Waals surface area contributed by atoms with Gasteiger partial charge in [0.25, 0.3) is 5.91 Å². The summed E-state index contributed by atoms with van der Waals surface area (Å²) in [5.74, 6) is -0.286. The molecule has 0 aliphatic carbocycles. The van der Waals surface area contributed by atoms with Crippen molar-refractivity contribution in [3.8, 4) is 0 Å². The fraction of sp³-hybridized carbons (Fsp3) is 0.455. The van der Waals surface area contributed by atoms with Crippen molar-refractivity contribution < 1.29 is 9.53 Å². The van der Waals surface area contributed by atoms with E-state index in [9.17, 15) is 4.79 Å². The monoisotopic (exact) mass is 276 g/mol. The predicted molar refractivity (Wildman–Crippen MR) is 67.7 cm³/mol. The second kappa shape index (κ2) is 6.79. The van der Waals surface area contributed by atoms with Gasteiger partial charge in [0.1, 0.15) is 5.15 Å². The summed E-state index contributed by atoms with van der Waals surface area (Å²) in [7, 11) is 0. The van der Waals surface area contributed by atoms with Gasteiger partial charge in [-0.25, -0.2) is 4.98 Å². The van der Waals surface area contributed by atoms with E-state index in [1.807, 2.05) is 13.8 Å². The highest BCUT2D eigenvalue weighted by atomic mass is 35.5. The lowest BCUT2D eigenvalue weighted by Gasteiger charge is -2.14. The molecule has 6 heteroatoms. The lowest BCUT2D eigenvalue weighted by molar-refractivity contribution is 0.0872. The van der Waals surface area contributed by atoms with Crippen LogP contribution in [0.4, 0.5) is 0 Å². The largest absolute Gasteiger partial charge is 0.380 e. The van der Waals surface area contributed by atoms with Gasteiger partial charge < -0.3 is 10.1 Å². The van der Waals surface area contributed by atoms with E-state index < -0.39 is 0 Å². The molecule has 1 aromatic rings. The minimum absolute atomic E-state index is 0.0922. The van der Waals surface area contributed by atoms with Crippen LogP contribution in [0, 0.1) is 0 Å². The Kier molecular flexibility index (Phi) is 5.68. The van der Waals surface area contributed by atoms with E-state index in [0.717, 1.165) is 0 Å². The first-order chi connectivity index (χ1) is 8.04. The van der Waals surface area contributed by atoms with Gasteiger partial charge in [-0.2, -0.15) is 0 Å². The fourth-order valence-corrected chi connectivity index (χ4v) is 1.57. The second-order valence-electron chi connectivity index (χ2n) is 3.52. The molecule has 1 N–H and O–H groups in total. The van der Waals surface area contributed by atoms with Gasteiger partial charge in [0.2, 0.25) is 0 Å². The van der Waals surface area contributed by atoms with Crippen LogP contribution in [0.1, 0.15) is 24.2 Å². The van der Waals surface area contributed by atoms with Crippen molar-refractivity contribution in [1.82, 2.24) is 10.3 Å². The van der Waals surface area contributed by atoms with Crippen LogP contribution in [-0.2, 0) is 4.74 Å². The molecule has 0 saturated carbocycles. The normalized spacial score (nSPS) is 12.2. The van der Waals surface area contributed by atoms with Gasteiger partial charge in [-0.3, -0.25) is 4.79 Å². The molecule has 1 unspecified atom stereocenters. The summed E-state index contributed by atoms with van der Waals surface area (Å²) in [6.45, 7) is 4.82. The molecule has 1 atom stereocenters. The number of nitrogens with zero attached hydrogens (tertiary/aromatic N) is 1. The van der Waals surface area contributed by atoms with E-state index in [4.69, 9.17) is 27.9 Å². The van der Waals surface area contributed by atoms with Crippen LogP contribution in [0.25, 0.3) is 0 Å². The molecule has 0 radical (unpaired) electrons. The molecule has 0 bridgehead atoms. The Morgan fingerprint density at radius 3 is 2.94 bits per heavy atom. The Morgan fingerprint density at radius 1 is 1.59 bits per heavy atom. The highest BCUT2D eigenvalue weighted by Gasteiger charge is 2.14. The summed E-state index contributed by atoms with van der Waals surface area (Å²) in [5, 5.41) is 3.27. The van der Waals surface area contributed by atoms with Crippen LogP contribution in [0.15, 0.2) is 12.3 Å². The number of hydrogen-bond donors (Lipinski definition) is 1. The Balaban J connectivity index is 2.66. The Labute approximate surface area is 110 Å². The van der Waals surface area contributed by atoms with Crippen molar-refractivity contribution in [2.75, 3.05) is 13.2 Å². The third-order valence-electron chi connectivity index (χ3n) is 2.02. The van der Waals surface area contributed by atoms with Crippen molar-refractivity contribution >= 4 is 29.1 Å². The van der Waals surface area contributed by atoms with Gasteiger partial charge >= 0.3 is 0 Å². The first-order valence-corrected chi connectivity index (χ1v) is 5.99. The molecule has 0 spiro atoms. The van der Waals surface area contributed by atoms with Crippen LogP contribution < -0.4 is 5.32 Å². The van der Waals surface area contributed by atoms with E-state index in [1.165, 1.54) is 12.3 Å². The van der Waals surface area contributed by atoms with Crippen LogP contribution in [0.3, 0.4) is 0 Å². The SMILES string of the molecule is CCOCC(C)NC(=O)c1cc(Cl)ncc1Cl. The number of pyridine rings is 1. The quantitative estimate of drug-likeness (QED) is 0.841. The molecule has 17 heavy (non-hydrogen) atoms. The number of aromatic nitrogens is 1. The number of halogens is 2. The summed E-state index contributed by atoms with van der Waals surface area (Å²) in [4.78, 5) is 15.6. The van der Waals surface area contributed by atoms with Crippen LogP contribution >= 0.6 is 23.2 Å². The van der Waals surface area contributed by atoms with Gasteiger partial charge in [-0.15, -0.1) is 0 Å². The Bertz CT molecular complexity index is 399. The van der Waals surface area contributed by atoms with Gasteiger partial charge in [0, 0.05) is 18.8 Å². The molecule has 0 aromatic carbocycles. The van der Waals surface area contributed by atoms with Crippen LogP contribution in [-0.4, -0.2) is 30.1 Å². The molecular formula is C11H14Cl2N2O2. The summed E-state index contributed by atoms with van der Waals surface area (Å²) in [5.41, 5.74) is 0.315. The Morgan fingerprint density at radius 2 is 2.29 bits per heavy atom. The minimum atomic E-state index is -0.286. The third-order valence-corrected chi connectivity index (χ3v) is 2.52. The number of carbonyl (C=O) groups is 1. The fourth-order valence-electron chi connectivity index (χ4n) is 1.23. The zero-order valence-corrected chi connectivity index (χ0v) is 11.2. The van der Waals surface area contributed by atoms with Crippen molar-refractivity contribution in [3.63, 3.8) is 0 Å². The maximum absolute atomic E-state index is 11.9. The van der Waals surface area contributed by atoms with Gasteiger partial charge in [-0.05, 0) is 19.9 Å². The van der Waals surface area contributed by atoms with E-state index in [0.29, 0.717) is 18.8 Å². The smallest absolute Gasteiger partial charge is 0.253 e. The summed E-state index contributed by atoms with van der Waals surface area (Å²) < 4.78 is 5.20. The highest BCUT2D eigenvalue weighted by Crippen LogP contribution is 2.17. The van der Waals surface area contributed by atoms with Crippen LogP contribution in [0.5, 0.6) is 0 Å². The molecule has 1 rings (SSSR count). The summed E-state index contributed by atoms with van der Waals surface area (Å²) >= 11 is 11.6. The first kappa shape index (κ1) is 14.2. The second-order valence-corrected chi connectivity index (χ2v) is 4.32. The molecule has 0 saturated heterocycles. The van der Waals surface area contributed by atoms with Gasteiger partial charge in [0.15, 0.2) is 0 Å². The number of hydrogen-bond acceptors (Lipinski definition) is 3. The molecule has 1 heterocycles. The number of rotatable bonds is 5. The van der Waals surface area contributed by atoms with Gasteiger partial charge in [-0.1, -0.05) is 23.2 Å². The lowest BCUT2D eigenvalue weighted by Crippen LogP contribution is -2.36. The third kappa shape index (κ3) is 4.50. The Hall–Kier alpha value is -0.840. The average Bonchev–Trinajstić information content (AvgIpc) is 2.29. The molecule has 4 nitrogen and oxygen atoms in total. The number of nitrogens with one attached hydrogen (secondary N) is 1. The van der Waals surface area contributed by atoms with E-state index in [-0.39, 0.29) is 22.1 Å². The summed E-state index contributed by atoms with van der Waals surface area (Å²) in [6.07, 6.45) is 1.35. The molecule has 0 aliphatic rings. The van der Waals surface area contributed by atoms with E-state index in [1.54, 1.807) is 0 Å². The predicted octanol–water partition coefficient (Wildman–Crippen LogP) is 2.54. The summed E-state index contributed by atoms with van der Waals surface area (Å²) in [6, 6.07) is 1.34. The molecule has 0 fully saturated rings. The van der Waals surface area contributed by atoms with Crippen LogP contribution in [0.2, 0.25) is 10.2 Å². The molecule has 0 aliphatic heterocycles. The maximum atomic E-state index is 11.9. The van der Waals surface area contributed by atoms with E-state index >= 15 is 0 Å². The topological polar surface area (TPSA) is 51.2 Å². The van der Waals surface area contributed by atoms with Crippen molar-refractivity contribution in [1.29, 1.82) is 0 Å². The standard InChI is InChI=1S/C11H14Cl2N2O2/c1-3-17-6-7(2)15-11(16)8-4-10(13)14-5-9(8)12/h4-5,7H,3,6H2,1-2H3,(H,15,16). The molecule has 1 amide bonds. The molecule has 94 valence electrons. The van der Waals surface area contributed by atoms with Crippen molar-refractivity contribution in [2.45, 2.75) is 19.9 Å². The molecular weight excluding hydrogens is 263 g/mol. The minimum Gasteiger partial charge on any atom is -0.380 e. The number of ether oxygens (including phenoxy) is 1. The number of carbonyl (C=O) groups excluding carboxylic acids is 1. The highest BCUT2D eigenvalue weighted by molar-refractivity contribution is 6.35. The first-order valence-electron chi connectivity index (χ1n) is 5.24. The van der Waals surface area contributed by atoms with E-state index in [2.05, 4.69) is 10.3 Å². The lowest BCUT2D eigenvalue weighted by atomic mass is 10.2. The van der Waals surface area contributed by atoms with Gasteiger partial charge in [0.05, 0.1) is 17.2 Å². The zero-order chi connectivity index (χ0) is 12.8.